The van der Waals surface area contributed by atoms with Crippen molar-refractivity contribution in [2.24, 2.45) is 0 Å². The molecule has 4 rings (SSSR count). The van der Waals surface area contributed by atoms with Crippen LogP contribution in [0.4, 0.5) is 5.69 Å². The molecule has 0 fully saturated rings. The van der Waals surface area contributed by atoms with Gasteiger partial charge in [-0.3, -0.25) is 14.6 Å². The summed E-state index contributed by atoms with van der Waals surface area (Å²) in [4.78, 5) is 30.0. The average molecular weight is 370 g/mol. The van der Waals surface area contributed by atoms with E-state index in [0.717, 1.165) is 34.4 Å². The zero-order chi connectivity index (χ0) is 19.7. The third-order valence-corrected chi connectivity index (χ3v) is 5.03. The number of carbonyl (C=O) groups is 1. The minimum Gasteiger partial charge on any atom is -0.315 e. The molecule has 1 aliphatic heterocycles. The SMILES string of the molecule is CN1C(=O)CCc2cc(-c3cncc(Cn4ccc(C#N)cc4=O)c3)ccc21. The molecule has 3 heterocycles. The van der Waals surface area contributed by atoms with Gasteiger partial charge < -0.3 is 9.47 Å². The topological polar surface area (TPSA) is 79.0 Å². The van der Waals surface area contributed by atoms with Crippen LogP contribution in [-0.2, 0) is 17.8 Å². The van der Waals surface area contributed by atoms with E-state index in [4.69, 9.17) is 5.26 Å². The summed E-state index contributed by atoms with van der Waals surface area (Å²) in [5.74, 6) is 0.136. The first-order valence-electron chi connectivity index (χ1n) is 8.99. The highest BCUT2D eigenvalue weighted by Gasteiger charge is 2.21. The van der Waals surface area contributed by atoms with Crippen LogP contribution in [0.1, 0.15) is 23.1 Å². The maximum Gasteiger partial charge on any atom is 0.252 e. The second kappa shape index (κ2) is 7.12. The van der Waals surface area contributed by atoms with Crippen molar-refractivity contribution in [1.29, 1.82) is 5.26 Å². The Morgan fingerprint density at radius 2 is 1.93 bits per heavy atom. The Hall–Kier alpha value is -3.72. The number of anilines is 1. The van der Waals surface area contributed by atoms with Crippen molar-refractivity contribution >= 4 is 11.6 Å². The third kappa shape index (κ3) is 3.30. The number of nitriles is 1. The predicted molar refractivity (Wildman–Crippen MR) is 106 cm³/mol. The molecule has 0 unspecified atom stereocenters. The molecule has 0 spiro atoms. The van der Waals surface area contributed by atoms with Crippen molar-refractivity contribution in [3.8, 4) is 17.2 Å². The van der Waals surface area contributed by atoms with Crippen LogP contribution in [0.5, 0.6) is 0 Å². The molecule has 0 radical (unpaired) electrons. The zero-order valence-electron chi connectivity index (χ0n) is 15.4. The number of hydrogen-bond donors (Lipinski definition) is 0. The number of benzene rings is 1. The van der Waals surface area contributed by atoms with Gasteiger partial charge in [0.1, 0.15) is 0 Å². The van der Waals surface area contributed by atoms with Crippen molar-refractivity contribution in [2.75, 3.05) is 11.9 Å². The Labute approximate surface area is 162 Å². The molecule has 0 N–H and O–H groups in total. The molecule has 1 amide bonds. The lowest BCUT2D eigenvalue weighted by Gasteiger charge is -2.26. The second-order valence-corrected chi connectivity index (χ2v) is 6.87. The number of aryl methyl sites for hydroxylation is 1. The summed E-state index contributed by atoms with van der Waals surface area (Å²) in [6.45, 7) is 0.383. The quantitative estimate of drug-likeness (QED) is 0.710. The minimum absolute atomic E-state index is 0.136. The lowest BCUT2D eigenvalue weighted by atomic mass is 9.96. The van der Waals surface area contributed by atoms with E-state index in [9.17, 15) is 9.59 Å². The lowest BCUT2D eigenvalue weighted by molar-refractivity contribution is -0.118. The Balaban J connectivity index is 1.64. The fraction of sp³-hybridized carbons (Fsp3) is 0.182. The van der Waals surface area contributed by atoms with E-state index in [1.54, 1.807) is 41.2 Å². The van der Waals surface area contributed by atoms with Gasteiger partial charge in [0, 0.05) is 49.4 Å². The van der Waals surface area contributed by atoms with E-state index < -0.39 is 0 Å². The van der Waals surface area contributed by atoms with Crippen molar-refractivity contribution < 1.29 is 4.79 Å². The fourth-order valence-electron chi connectivity index (χ4n) is 3.47. The molecule has 1 aromatic carbocycles. The van der Waals surface area contributed by atoms with Crippen molar-refractivity contribution in [3.63, 3.8) is 0 Å². The first kappa shape index (κ1) is 17.7. The van der Waals surface area contributed by atoms with Crippen LogP contribution in [0.2, 0.25) is 0 Å². The van der Waals surface area contributed by atoms with E-state index in [1.807, 2.05) is 24.3 Å². The second-order valence-electron chi connectivity index (χ2n) is 6.87. The smallest absolute Gasteiger partial charge is 0.252 e. The maximum atomic E-state index is 12.1. The van der Waals surface area contributed by atoms with Crippen molar-refractivity contribution in [3.05, 3.63) is 82.0 Å². The largest absolute Gasteiger partial charge is 0.315 e. The summed E-state index contributed by atoms with van der Waals surface area (Å²) in [6, 6.07) is 13.0. The fourth-order valence-corrected chi connectivity index (χ4v) is 3.47. The summed E-state index contributed by atoms with van der Waals surface area (Å²) < 4.78 is 1.55. The van der Waals surface area contributed by atoms with Gasteiger partial charge in [-0.15, -0.1) is 0 Å². The molecule has 6 nitrogen and oxygen atoms in total. The molecule has 1 aliphatic rings. The Bertz CT molecular complexity index is 1170. The van der Waals surface area contributed by atoms with Crippen molar-refractivity contribution in [2.45, 2.75) is 19.4 Å². The Kier molecular flexibility index (Phi) is 4.50. The third-order valence-electron chi connectivity index (χ3n) is 5.03. The molecular formula is C22H18N4O2. The van der Waals surface area contributed by atoms with Crippen molar-refractivity contribution in [1.82, 2.24) is 9.55 Å². The number of pyridine rings is 2. The standard InChI is InChI=1S/C22H18N4O2/c1-25-20-4-2-17(10-18(20)3-5-21(25)27)19-8-16(12-24-13-19)14-26-7-6-15(11-23)9-22(26)28/h2,4,6-10,12-13H,3,5,14H2,1H3. The van der Waals surface area contributed by atoms with Gasteiger partial charge in [-0.05, 0) is 47.4 Å². The van der Waals surface area contributed by atoms with Gasteiger partial charge in [0.2, 0.25) is 5.91 Å². The highest BCUT2D eigenvalue weighted by molar-refractivity contribution is 5.96. The van der Waals surface area contributed by atoms with E-state index >= 15 is 0 Å². The molecule has 0 atom stereocenters. The number of nitrogens with zero attached hydrogens (tertiary/aromatic N) is 4. The van der Waals surface area contributed by atoms with E-state index in [0.29, 0.717) is 18.5 Å². The summed E-state index contributed by atoms with van der Waals surface area (Å²) in [5.41, 5.74) is 5.12. The number of fused-ring (bicyclic) bond motifs is 1. The number of aromatic nitrogens is 2. The van der Waals surface area contributed by atoms with Gasteiger partial charge in [0.25, 0.3) is 5.56 Å². The molecule has 0 saturated heterocycles. The molecule has 3 aromatic rings. The monoisotopic (exact) mass is 370 g/mol. The van der Waals surface area contributed by atoms with E-state index in [-0.39, 0.29) is 11.5 Å². The van der Waals surface area contributed by atoms with Crippen LogP contribution in [-0.4, -0.2) is 22.5 Å². The molecule has 6 heteroatoms. The highest BCUT2D eigenvalue weighted by Crippen LogP contribution is 2.31. The highest BCUT2D eigenvalue weighted by atomic mass is 16.2. The maximum absolute atomic E-state index is 12.1. The normalized spacial score (nSPS) is 13.1. The molecule has 0 aliphatic carbocycles. The predicted octanol–water partition coefficient (Wildman–Crippen LogP) is 2.74. The van der Waals surface area contributed by atoms with Crippen LogP contribution < -0.4 is 10.5 Å². The summed E-state index contributed by atoms with van der Waals surface area (Å²) >= 11 is 0. The molecule has 0 bridgehead atoms. The van der Waals surface area contributed by atoms with Crippen LogP contribution in [0.3, 0.4) is 0 Å². The van der Waals surface area contributed by atoms with Crippen LogP contribution in [0.15, 0.2) is 59.8 Å². The first-order chi connectivity index (χ1) is 13.5. The van der Waals surface area contributed by atoms with E-state index in [1.165, 1.54) is 6.07 Å². The zero-order valence-corrected chi connectivity index (χ0v) is 15.4. The molecule has 28 heavy (non-hydrogen) atoms. The summed E-state index contributed by atoms with van der Waals surface area (Å²) in [6.07, 6.45) is 6.41. The lowest BCUT2D eigenvalue weighted by Crippen LogP contribution is -2.30. The number of carbonyl (C=O) groups excluding carboxylic acids is 1. The summed E-state index contributed by atoms with van der Waals surface area (Å²) in [5, 5.41) is 8.89. The van der Waals surface area contributed by atoms with Gasteiger partial charge in [-0.2, -0.15) is 5.26 Å². The molecule has 2 aromatic heterocycles. The average Bonchev–Trinajstić information content (AvgIpc) is 2.72. The van der Waals surface area contributed by atoms with Crippen LogP contribution in [0, 0.1) is 11.3 Å². The minimum atomic E-state index is -0.217. The first-order valence-corrected chi connectivity index (χ1v) is 8.99. The van der Waals surface area contributed by atoms with E-state index in [2.05, 4.69) is 11.1 Å². The molecule has 138 valence electrons. The number of rotatable bonds is 3. The molecular weight excluding hydrogens is 352 g/mol. The van der Waals surface area contributed by atoms with Gasteiger partial charge in [-0.1, -0.05) is 6.07 Å². The Morgan fingerprint density at radius 3 is 2.71 bits per heavy atom. The van der Waals surface area contributed by atoms with Crippen LogP contribution >= 0.6 is 0 Å². The van der Waals surface area contributed by atoms with Gasteiger partial charge in [0.15, 0.2) is 0 Å². The Morgan fingerprint density at radius 1 is 1.07 bits per heavy atom. The molecule has 0 saturated carbocycles. The van der Waals surface area contributed by atoms with Gasteiger partial charge in [-0.25, -0.2) is 0 Å². The number of hydrogen-bond acceptors (Lipinski definition) is 4. The number of amides is 1. The van der Waals surface area contributed by atoms with Crippen LogP contribution in [0.25, 0.3) is 11.1 Å². The van der Waals surface area contributed by atoms with Gasteiger partial charge in [0.05, 0.1) is 18.2 Å². The van der Waals surface area contributed by atoms with Gasteiger partial charge >= 0.3 is 0 Å². The summed E-state index contributed by atoms with van der Waals surface area (Å²) in [7, 11) is 1.80.